The average Bonchev–Trinajstić information content (AvgIpc) is 2.34. The molecular weight excluding hydrogens is 264 g/mol. The van der Waals surface area contributed by atoms with Crippen LogP contribution in [0.5, 0.6) is 5.75 Å². The van der Waals surface area contributed by atoms with Crippen LogP contribution >= 0.6 is 15.9 Å². The lowest BCUT2D eigenvalue weighted by Crippen LogP contribution is -1.99. The van der Waals surface area contributed by atoms with Gasteiger partial charge in [0.1, 0.15) is 5.75 Å². The van der Waals surface area contributed by atoms with Crippen molar-refractivity contribution in [2.45, 2.75) is 44.4 Å². The van der Waals surface area contributed by atoms with Crippen LogP contribution < -0.4 is 4.74 Å². The molecule has 0 radical (unpaired) electrons. The maximum atomic E-state index is 5.78. The number of benzene rings is 1. The SMILES string of the molecule is CCCCCCCOc1ccccc1CBr. The number of hydrogen-bond acceptors (Lipinski definition) is 1. The fraction of sp³-hybridized carbons (Fsp3) is 0.571. The Hall–Kier alpha value is -0.500. The van der Waals surface area contributed by atoms with E-state index in [-0.39, 0.29) is 0 Å². The summed E-state index contributed by atoms with van der Waals surface area (Å²) in [7, 11) is 0. The summed E-state index contributed by atoms with van der Waals surface area (Å²) in [5, 5.41) is 0.860. The van der Waals surface area contributed by atoms with Crippen LogP contribution in [-0.4, -0.2) is 6.61 Å². The third-order valence-electron chi connectivity index (χ3n) is 2.62. The first-order valence-corrected chi connectivity index (χ1v) is 7.27. The zero-order valence-corrected chi connectivity index (χ0v) is 11.6. The van der Waals surface area contributed by atoms with E-state index >= 15 is 0 Å². The van der Waals surface area contributed by atoms with Crippen LogP contribution in [-0.2, 0) is 5.33 Å². The molecule has 0 saturated heterocycles. The summed E-state index contributed by atoms with van der Waals surface area (Å²) in [5.41, 5.74) is 1.23. The van der Waals surface area contributed by atoms with Crippen LogP contribution in [0.3, 0.4) is 0 Å². The Kier molecular flexibility index (Phi) is 7.32. The smallest absolute Gasteiger partial charge is 0.123 e. The first kappa shape index (κ1) is 13.6. The maximum absolute atomic E-state index is 5.78. The molecule has 0 N–H and O–H groups in total. The Morgan fingerprint density at radius 3 is 2.56 bits per heavy atom. The quantitative estimate of drug-likeness (QED) is 0.486. The lowest BCUT2D eigenvalue weighted by atomic mass is 10.2. The lowest BCUT2D eigenvalue weighted by molar-refractivity contribution is 0.302. The predicted octanol–water partition coefficient (Wildman–Crippen LogP) is 4.93. The summed E-state index contributed by atoms with van der Waals surface area (Å²) in [4.78, 5) is 0. The molecule has 0 spiro atoms. The molecule has 16 heavy (non-hydrogen) atoms. The fourth-order valence-corrected chi connectivity index (χ4v) is 2.11. The Morgan fingerprint density at radius 2 is 1.81 bits per heavy atom. The number of alkyl halides is 1. The van der Waals surface area contributed by atoms with Gasteiger partial charge in [-0.05, 0) is 12.5 Å². The molecule has 0 amide bonds. The number of unbranched alkanes of at least 4 members (excludes halogenated alkanes) is 4. The van der Waals surface area contributed by atoms with E-state index < -0.39 is 0 Å². The van der Waals surface area contributed by atoms with Crippen LogP contribution in [0.4, 0.5) is 0 Å². The summed E-state index contributed by atoms with van der Waals surface area (Å²) in [6, 6.07) is 8.22. The van der Waals surface area contributed by atoms with Crippen molar-refractivity contribution in [3.63, 3.8) is 0 Å². The van der Waals surface area contributed by atoms with Gasteiger partial charge in [0.15, 0.2) is 0 Å². The van der Waals surface area contributed by atoms with Gasteiger partial charge >= 0.3 is 0 Å². The molecule has 0 unspecified atom stereocenters. The standard InChI is InChI=1S/C14H21BrO/c1-2-3-4-5-8-11-16-14-10-7-6-9-13(14)12-15/h6-7,9-10H,2-5,8,11-12H2,1H3. The molecule has 0 aliphatic carbocycles. The van der Waals surface area contributed by atoms with Crippen molar-refractivity contribution >= 4 is 15.9 Å². The molecule has 2 heteroatoms. The monoisotopic (exact) mass is 284 g/mol. The highest BCUT2D eigenvalue weighted by atomic mass is 79.9. The van der Waals surface area contributed by atoms with E-state index in [9.17, 15) is 0 Å². The zero-order valence-electron chi connectivity index (χ0n) is 10.0. The van der Waals surface area contributed by atoms with E-state index in [1.54, 1.807) is 0 Å². The van der Waals surface area contributed by atoms with Gasteiger partial charge in [-0.1, -0.05) is 66.7 Å². The van der Waals surface area contributed by atoms with Gasteiger partial charge in [-0.15, -0.1) is 0 Å². The largest absolute Gasteiger partial charge is 0.493 e. The fourth-order valence-electron chi connectivity index (χ4n) is 1.64. The van der Waals surface area contributed by atoms with Crippen molar-refractivity contribution < 1.29 is 4.74 Å². The highest BCUT2D eigenvalue weighted by molar-refractivity contribution is 9.08. The number of rotatable bonds is 8. The van der Waals surface area contributed by atoms with Gasteiger partial charge in [-0.25, -0.2) is 0 Å². The first-order valence-electron chi connectivity index (χ1n) is 6.15. The summed E-state index contributed by atoms with van der Waals surface area (Å²) in [6.45, 7) is 3.08. The van der Waals surface area contributed by atoms with Gasteiger partial charge in [0.25, 0.3) is 0 Å². The minimum absolute atomic E-state index is 0.841. The second-order valence-corrected chi connectivity index (χ2v) is 4.56. The summed E-state index contributed by atoms with van der Waals surface area (Å²) >= 11 is 3.47. The topological polar surface area (TPSA) is 9.23 Å². The molecule has 0 fully saturated rings. The summed E-state index contributed by atoms with van der Waals surface area (Å²) in [6.07, 6.45) is 6.42. The van der Waals surface area contributed by atoms with Gasteiger partial charge < -0.3 is 4.74 Å². The number of para-hydroxylation sites is 1. The highest BCUT2D eigenvalue weighted by Gasteiger charge is 2.00. The van der Waals surface area contributed by atoms with E-state index in [1.165, 1.54) is 31.2 Å². The molecule has 90 valence electrons. The third kappa shape index (κ3) is 5.02. The lowest BCUT2D eigenvalue weighted by Gasteiger charge is -2.09. The third-order valence-corrected chi connectivity index (χ3v) is 3.23. The normalized spacial score (nSPS) is 10.4. The second-order valence-electron chi connectivity index (χ2n) is 4.00. The molecule has 1 rings (SSSR count). The van der Waals surface area contributed by atoms with Crippen molar-refractivity contribution in [3.8, 4) is 5.75 Å². The maximum Gasteiger partial charge on any atom is 0.123 e. The average molecular weight is 285 g/mol. The molecule has 1 nitrogen and oxygen atoms in total. The van der Waals surface area contributed by atoms with E-state index in [2.05, 4.69) is 28.9 Å². The number of hydrogen-bond donors (Lipinski definition) is 0. The van der Waals surface area contributed by atoms with Crippen LogP contribution in [0.2, 0.25) is 0 Å². The Morgan fingerprint density at radius 1 is 1.06 bits per heavy atom. The second kappa shape index (κ2) is 8.63. The molecule has 0 heterocycles. The molecule has 0 saturated carbocycles. The van der Waals surface area contributed by atoms with E-state index in [0.29, 0.717) is 0 Å². The molecule has 0 aliphatic heterocycles. The molecular formula is C14H21BrO. The summed E-state index contributed by atoms with van der Waals surface area (Å²) < 4.78 is 5.78. The van der Waals surface area contributed by atoms with Gasteiger partial charge in [-0.2, -0.15) is 0 Å². The minimum atomic E-state index is 0.841. The van der Waals surface area contributed by atoms with Crippen molar-refractivity contribution in [1.29, 1.82) is 0 Å². The number of halogens is 1. The molecule has 0 aliphatic rings. The van der Waals surface area contributed by atoms with Crippen molar-refractivity contribution in [1.82, 2.24) is 0 Å². The van der Waals surface area contributed by atoms with Gasteiger partial charge in [-0.3, -0.25) is 0 Å². The molecule has 0 atom stereocenters. The van der Waals surface area contributed by atoms with Crippen LogP contribution in [0, 0.1) is 0 Å². The molecule has 0 aromatic heterocycles. The van der Waals surface area contributed by atoms with E-state index in [0.717, 1.165) is 24.1 Å². The van der Waals surface area contributed by atoms with E-state index in [4.69, 9.17) is 4.74 Å². The molecule has 0 bridgehead atoms. The Balaban J connectivity index is 2.21. The Labute approximate surface area is 107 Å². The zero-order chi connectivity index (χ0) is 11.6. The number of ether oxygens (including phenoxy) is 1. The predicted molar refractivity (Wildman–Crippen MR) is 73.3 cm³/mol. The van der Waals surface area contributed by atoms with E-state index in [1.807, 2.05) is 18.2 Å². The van der Waals surface area contributed by atoms with Crippen LogP contribution in [0.25, 0.3) is 0 Å². The van der Waals surface area contributed by atoms with Crippen molar-refractivity contribution in [2.24, 2.45) is 0 Å². The van der Waals surface area contributed by atoms with Gasteiger partial charge in [0, 0.05) is 10.9 Å². The van der Waals surface area contributed by atoms with Gasteiger partial charge in [0.05, 0.1) is 6.61 Å². The van der Waals surface area contributed by atoms with Crippen molar-refractivity contribution in [2.75, 3.05) is 6.61 Å². The highest BCUT2D eigenvalue weighted by Crippen LogP contribution is 2.20. The minimum Gasteiger partial charge on any atom is -0.493 e. The first-order chi connectivity index (χ1) is 7.88. The summed E-state index contributed by atoms with van der Waals surface area (Å²) in [5.74, 6) is 1.02. The van der Waals surface area contributed by atoms with Crippen LogP contribution in [0.1, 0.15) is 44.6 Å². The Bertz CT molecular complexity index is 286. The van der Waals surface area contributed by atoms with Gasteiger partial charge in [0.2, 0.25) is 0 Å². The molecule has 1 aromatic rings. The van der Waals surface area contributed by atoms with Crippen molar-refractivity contribution in [3.05, 3.63) is 29.8 Å². The van der Waals surface area contributed by atoms with Crippen LogP contribution in [0.15, 0.2) is 24.3 Å². The molecule has 1 aromatic carbocycles.